The number of nitrogens with one attached hydrogen (secondary N) is 1. The highest BCUT2D eigenvalue weighted by Gasteiger charge is 2.00. The maximum absolute atomic E-state index is 11.4. The first kappa shape index (κ1) is 60.6. The predicted molar refractivity (Wildman–Crippen MR) is 206 cm³/mol. The van der Waals surface area contributed by atoms with Crippen LogP contribution in [0.25, 0.3) is 0 Å². The molecule has 0 rings (SSSR count). The summed E-state index contributed by atoms with van der Waals surface area (Å²) in [6.07, 6.45) is 31.4. The van der Waals surface area contributed by atoms with Gasteiger partial charge >= 0.3 is 0 Å². The van der Waals surface area contributed by atoms with Crippen molar-refractivity contribution in [1.82, 2.24) is 5.32 Å². The number of rotatable bonds is 25. The Morgan fingerprint density at radius 2 is 1.17 bits per heavy atom. The van der Waals surface area contributed by atoms with Crippen LogP contribution < -0.4 is 16.8 Å². The van der Waals surface area contributed by atoms with Crippen LogP contribution in [-0.4, -0.2) is 62.6 Å². The van der Waals surface area contributed by atoms with Crippen molar-refractivity contribution in [3.05, 3.63) is 36.5 Å². The number of aliphatic hydroxyl groups excluding tert-OH is 1. The second kappa shape index (κ2) is 74.9. The lowest BCUT2D eigenvalue weighted by molar-refractivity contribution is -0.240. The number of unbranched alkanes of at least 4 members (excludes halogenated alkanes) is 15. The number of aldehydes is 2. The van der Waals surface area contributed by atoms with Crippen molar-refractivity contribution in [3.8, 4) is 0 Å². The van der Waals surface area contributed by atoms with E-state index in [9.17, 15) is 14.4 Å². The Balaban J connectivity index is -0.000000110. The minimum atomic E-state index is 0.0372. The fourth-order valence-electron chi connectivity index (χ4n) is 3.63. The molecule has 288 valence electrons. The summed E-state index contributed by atoms with van der Waals surface area (Å²) in [5, 5.41) is 17.8. The zero-order valence-electron chi connectivity index (χ0n) is 32.2. The number of carbonyl (C=O) groups excluding carboxylic acids is 4. The molecule has 0 aromatic heterocycles. The summed E-state index contributed by atoms with van der Waals surface area (Å²) in [6.45, 7) is 14.4. The van der Waals surface area contributed by atoms with Crippen LogP contribution in [0.5, 0.6) is 0 Å². The molecule has 7 N–H and O–H groups in total. The molecule has 0 aliphatic carbocycles. The third-order valence-electron chi connectivity index (χ3n) is 5.91. The molecule has 0 radical (unpaired) electrons. The number of hydrogen-bond acceptors (Lipinski definition) is 8. The van der Waals surface area contributed by atoms with E-state index < -0.39 is 0 Å². The third kappa shape index (κ3) is 90.3. The van der Waals surface area contributed by atoms with Crippen LogP contribution in [0, 0.1) is 0 Å². The Morgan fingerprint density at radius 3 is 1.52 bits per heavy atom. The molecule has 0 aromatic rings. The van der Waals surface area contributed by atoms with Gasteiger partial charge in [0.1, 0.15) is 12.6 Å². The molecule has 0 heterocycles. The minimum Gasteiger partial charge on any atom is -0.400 e. The van der Waals surface area contributed by atoms with E-state index in [1.165, 1.54) is 83.2 Å². The Labute approximate surface area is 296 Å². The smallest absolute Gasteiger partial charge is 0.220 e. The molecular weight excluding hydrogens is 610 g/mol. The summed E-state index contributed by atoms with van der Waals surface area (Å²) < 4.78 is 0. The molecular formula is C38H79N3O7. The molecule has 0 aliphatic heterocycles. The number of primary amides is 1. The van der Waals surface area contributed by atoms with Crippen molar-refractivity contribution in [2.24, 2.45) is 11.5 Å². The van der Waals surface area contributed by atoms with Crippen molar-refractivity contribution in [3.63, 3.8) is 0 Å². The number of hydrogen-bond donors (Lipinski definition) is 5. The summed E-state index contributed by atoms with van der Waals surface area (Å²) >= 11 is 0. The summed E-state index contributed by atoms with van der Waals surface area (Å²) in [6, 6.07) is 0. The van der Waals surface area contributed by atoms with E-state index in [1.54, 1.807) is 6.08 Å². The van der Waals surface area contributed by atoms with E-state index >= 15 is 0 Å². The average molecular weight is 690 g/mol. The van der Waals surface area contributed by atoms with Crippen LogP contribution in [0.4, 0.5) is 0 Å². The Hall–Kier alpha value is -2.66. The molecule has 10 nitrogen and oxygen atoms in total. The highest BCUT2D eigenvalue weighted by Crippen LogP contribution is 2.12. The molecule has 0 aromatic carbocycles. The zero-order valence-corrected chi connectivity index (χ0v) is 32.2. The highest BCUT2D eigenvalue weighted by atomic mass is 17.1. The van der Waals surface area contributed by atoms with E-state index in [-0.39, 0.29) is 18.9 Å². The van der Waals surface area contributed by atoms with E-state index in [0.717, 1.165) is 64.6 Å². The fraction of sp³-hybridized carbons (Fsp3) is 0.737. The lowest BCUT2D eigenvalue weighted by Gasteiger charge is -2.04. The van der Waals surface area contributed by atoms with Crippen molar-refractivity contribution in [2.45, 2.75) is 157 Å². The van der Waals surface area contributed by atoms with E-state index in [2.05, 4.69) is 61.2 Å². The van der Waals surface area contributed by atoms with Crippen molar-refractivity contribution in [1.29, 1.82) is 0 Å². The number of amides is 2. The second-order valence-electron chi connectivity index (χ2n) is 9.89. The number of nitrogens with two attached hydrogens (primary N) is 2. The lowest BCUT2D eigenvalue weighted by Crippen LogP contribution is -2.26. The Bertz CT molecular complexity index is 644. The maximum atomic E-state index is 11.4. The van der Waals surface area contributed by atoms with Crippen LogP contribution in [0.2, 0.25) is 0 Å². The minimum absolute atomic E-state index is 0.0372. The summed E-state index contributed by atoms with van der Waals surface area (Å²) in [5.41, 5.74) is 9.92. The van der Waals surface area contributed by atoms with Gasteiger partial charge in [-0.05, 0) is 39.7 Å². The van der Waals surface area contributed by atoms with Gasteiger partial charge in [0.2, 0.25) is 12.3 Å². The van der Waals surface area contributed by atoms with Gasteiger partial charge in [-0.3, -0.25) is 14.8 Å². The topological polar surface area (TPSA) is 182 Å². The molecule has 10 heteroatoms. The monoisotopic (exact) mass is 690 g/mol. The van der Waals surface area contributed by atoms with Gasteiger partial charge in [-0.1, -0.05) is 141 Å². The van der Waals surface area contributed by atoms with Gasteiger partial charge in [0.15, 0.2) is 0 Å². The van der Waals surface area contributed by atoms with Crippen LogP contribution >= 0.6 is 0 Å². The third-order valence-corrected chi connectivity index (χ3v) is 5.91. The first-order valence-corrected chi connectivity index (χ1v) is 18.0. The van der Waals surface area contributed by atoms with Gasteiger partial charge < -0.3 is 31.5 Å². The number of aliphatic hydroxyl groups is 1. The number of carbonyl (C=O) groups is 4. The second-order valence-corrected chi connectivity index (χ2v) is 9.89. The summed E-state index contributed by atoms with van der Waals surface area (Å²) in [7, 11) is 2.50. The first-order valence-electron chi connectivity index (χ1n) is 18.0. The highest BCUT2D eigenvalue weighted by molar-refractivity contribution is 5.75. The number of allylic oxidation sites excluding steroid dienone is 5. The van der Waals surface area contributed by atoms with E-state index in [4.69, 9.17) is 15.2 Å². The SMILES string of the molecule is C=C/C=C(C)\C=C/CC.CC.CCCCCC=O.CN.CO.NC=O.O=CCCCCCCCCCCCCCCC(=O)NCCOO. The summed E-state index contributed by atoms with van der Waals surface area (Å²) in [4.78, 5) is 43.7. The van der Waals surface area contributed by atoms with Crippen molar-refractivity contribution < 1.29 is 34.4 Å². The molecule has 0 spiro atoms. The average Bonchev–Trinajstić information content (AvgIpc) is 3.11. The first-order chi connectivity index (χ1) is 23.4. The largest absolute Gasteiger partial charge is 0.400 e. The van der Waals surface area contributed by atoms with Crippen molar-refractivity contribution in [2.75, 3.05) is 27.3 Å². The molecule has 2 amide bonds. The quantitative estimate of drug-likeness (QED) is 0.0208. The molecule has 48 heavy (non-hydrogen) atoms. The molecule has 0 saturated heterocycles. The molecule has 0 bridgehead atoms. The van der Waals surface area contributed by atoms with E-state index in [0.29, 0.717) is 13.0 Å². The van der Waals surface area contributed by atoms with Crippen LogP contribution in [0.1, 0.15) is 157 Å². The van der Waals surface area contributed by atoms with Gasteiger partial charge in [-0.2, -0.15) is 0 Å². The van der Waals surface area contributed by atoms with E-state index in [1.807, 2.05) is 19.9 Å². The summed E-state index contributed by atoms with van der Waals surface area (Å²) in [5.74, 6) is 0.0372. The van der Waals surface area contributed by atoms with Crippen LogP contribution in [-0.2, 0) is 24.1 Å². The van der Waals surface area contributed by atoms with Crippen LogP contribution in [0.15, 0.2) is 36.5 Å². The lowest BCUT2D eigenvalue weighted by atomic mass is 10.0. The Morgan fingerprint density at radius 1 is 0.771 bits per heavy atom. The van der Waals surface area contributed by atoms with Gasteiger partial charge in [-0.15, -0.1) is 0 Å². The normalized spacial score (nSPS) is 9.33. The van der Waals surface area contributed by atoms with Gasteiger partial charge in [0, 0.05) is 32.9 Å². The zero-order chi connectivity index (χ0) is 38.4. The van der Waals surface area contributed by atoms with Crippen LogP contribution in [0.3, 0.4) is 0 Å². The Kier molecular flexibility index (Phi) is 94.7. The molecule has 0 unspecified atom stereocenters. The van der Waals surface area contributed by atoms with Crippen molar-refractivity contribution >= 4 is 24.9 Å². The molecule has 0 fully saturated rings. The predicted octanol–water partition coefficient (Wildman–Crippen LogP) is 8.41. The van der Waals surface area contributed by atoms with Gasteiger partial charge in [-0.25, -0.2) is 4.89 Å². The maximum Gasteiger partial charge on any atom is 0.220 e. The standard InChI is InChI=1S/C18H35NO4.C9H14.C6H12O.C2H6.CH3NO.CH5N.CH4O/c20-16-13-11-9-7-5-3-1-2-4-6-8-10-12-14-18(21)19-15-17-23-22;1-4-6-8-9(3)7-5-2;1-2-3-4-5-6-7;1-2;2-1-3;2*1-2/h16,22H,1-15,17H2,(H,19,21);5-8H,2,4H2,1,3H3;6H,2-5H2,1H3;1-2H3;1H,(H2,2,3);2H2,1H3;2H,1H3/b;8-6-,9-7-;;;;;. The molecule has 0 aliphatic rings. The fourth-order valence-corrected chi connectivity index (χ4v) is 3.63. The van der Waals surface area contributed by atoms with Gasteiger partial charge in [0.25, 0.3) is 0 Å². The van der Waals surface area contributed by atoms with Gasteiger partial charge in [0.05, 0.1) is 6.61 Å². The molecule has 0 atom stereocenters. The molecule has 0 saturated carbocycles.